The molecule has 1 unspecified atom stereocenters. The molecule has 4 rings (SSSR count). The third-order valence-electron chi connectivity index (χ3n) is 6.55. The fourth-order valence-corrected chi connectivity index (χ4v) is 5.94. The van der Waals surface area contributed by atoms with E-state index in [9.17, 15) is 13.2 Å². The monoisotopic (exact) mass is 471 g/mol. The number of benzene rings is 2. The van der Waals surface area contributed by atoms with Crippen LogP contribution in [-0.2, 0) is 19.6 Å². The third kappa shape index (κ3) is 6.00. The fraction of sp³-hybridized carbons (Fsp3) is 0.480. The summed E-state index contributed by atoms with van der Waals surface area (Å²) in [6.45, 7) is 6.51. The number of hydrogen-bond donors (Lipinski definition) is 1. The lowest BCUT2D eigenvalue weighted by molar-refractivity contribution is -0.127. The van der Waals surface area contributed by atoms with Gasteiger partial charge in [-0.3, -0.25) is 9.69 Å². The lowest BCUT2D eigenvalue weighted by atomic mass is 9.96. The molecule has 2 aliphatic heterocycles. The molecule has 1 atom stereocenters. The molecule has 2 aliphatic rings. The SMILES string of the molecule is Cc1ccc(S(=O)(=O)N2CCC(C(=O)NC(CN3CCOCC3)c3ccccc3)CC2)cc1. The Morgan fingerprint density at radius 1 is 1.00 bits per heavy atom. The van der Waals surface area contributed by atoms with Crippen LogP contribution in [0.3, 0.4) is 0 Å². The predicted molar refractivity (Wildman–Crippen MR) is 127 cm³/mol. The molecule has 8 heteroatoms. The molecule has 2 fully saturated rings. The van der Waals surface area contributed by atoms with Crippen LogP contribution in [0.4, 0.5) is 0 Å². The molecule has 0 aliphatic carbocycles. The molecule has 0 spiro atoms. The second kappa shape index (κ2) is 10.8. The van der Waals surface area contributed by atoms with Crippen molar-refractivity contribution in [3.8, 4) is 0 Å². The van der Waals surface area contributed by atoms with Crippen LogP contribution in [0.1, 0.15) is 30.0 Å². The minimum atomic E-state index is -3.53. The number of amides is 1. The van der Waals surface area contributed by atoms with Gasteiger partial charge in [0.15, 0.2) is 0 Å². The largest absolute Gasteiger partial charge is 0.379 e. The predicted octanol–water partition coefficient (Wildman–Crippen LogP) is 2.59. The van der Waals surface area contributed by atoms with Gasteiger partial charge in [0.05, 0.1) is 24.2 Å². The molecule has 0 bridgehead atoms. The molecule has 2 saturated heterocycles. The van der Waals surface area contributed by atoms with E-state index in [1.165, 1.54) is 4.31 Å². The summed E-state index contributed by atoms with van der Waals surface area (Å²) < 4.78 is 32.9. The van der Waals surface area contributed by atoms with Crippen LogP contribution in [0.5, 0.6) is 0 Å². The van der Waals surface area contributed by atoms with Gasteiger partial charge in [-0.2, -0.15) is 4.31 Å². The second-order valence-corrected chi connectivity index (χ2v) is 10.8. The average molecular weight is 472 g/mol. The first kappa shape index (κ1) is 23.9. The van der Waals surface area contributed by atoms with Crippen molar-refractivity contribution >= 4 is 15.9 Å². The first-order chi connectivity index (χ1) is 15.9. The summed E-state index contributed by atoms with van der Waals surface area (Å²) in [5.74, 6) is -0.185. The van der Waals surface area contributed by atoms with Crippen molar-refractivity contribution in [2.75, 3.05) is 45.9 Å². The maximum atomic E-state index is 13.2. The number of rotatable bonds is 7. The Bertz CT molecular complexity index is 1010. The first-order valence-corrected chi connectivity index (χ1v) is 13.1. The minimum Gasteiger partial charge on any atom is -0.379 e. The summed E-state index contributed by atoms with van der Waals surface area (Å²) in [4.78, 5) is 15.8. The Balaban J connectivity index is 1.38. The van der Waals surface area contributed by atoms with Crippen molar-refractivity contribution in [3.05, 3.63) is 65.7 Å². The fourth-order valence-electron chi connectivity index (χ4n) is 4.47. The topological polar surface area (TPSA) is 79.0 Å². The molecule has 0 aromatic heterocycles. The maximum absolute atomic E-state index is 13.2. The van der Waals surface area contributed by atoms with E-state index >= 15 is 0 Å². The van der Waals surface area contributed by atoms with Crippen molar-refractivity contribution in [3.63, 3.8) is 0 Å². The number of sulfonamides is 1. The third-order valence-corrected chi connectivity index (χ3v) is 8.46. The number of carbonyl (C=O) groups is 1. The van der Waals surface area contributed by atoms with E-state index in [-0.39, 0.29) is 17.9 Å². The number of aryl methyl sites for hydroxylation is 1. The van der Waals surface area contributed by atoms with Gasteiger partial charge in [0.25, 0.3) is 0 Å². The Labute approximate surface area is 196 Å². The van der Waals surface area contributed by atoms with Gasteiger partial charge in [-0.15, -0.1) is 0 Å². The highest BCUT2D eigenvalue weighted by Crippen LogP contribution is 2.25. The Kier molecular flexibility index (Phi) is 7.80. The number of ether oxygens (including phenoxy) is 1. The molecule has 0 saturated carbocycles. The summed E-state index contributed by atoms with van der Waals surface area (Å²) in [5.41, 5.74) is 2.10. The molecule has 1 amide bonds. The zero-order chi connectivity index (χ0) is 23.3. The van der Waals surface area contributed by atoms with Crippen LogP contribution in [0.2, 0.25) is 0 Å². The highest BCUT2D eigenvalue weighted by molar-refractivity contribution is 7.89. The number of hydrogen-bond acceptors (Lipinski definition) is 5. The Hall–Kier alpha value is -2.26. The summed E-state index contributed by atoms with van der Waals surface area (Å²) >= 11 is 0. The van der Waals surface area contributed by atoms with Gasteiger partial charge in [-0.25, -0.2) is 8.42 Å². The molecule has 2 aromatic carbocycles. The lowest BCUT2D eigenvalue weighted by Gasteiger charge is -2.34. The standard InChI is InChI=1S/C25H33N3O4S/c1-20-7-9-23(10-8-20)33(30,31)28-13-11-22(12-14-28)25(29)26-24(21-5-3-2-4-6-21)19-27-15-17-32-18-16-27/h2-10,22,24H,11-19H2,1H3,(H,26,29). The summed E-state index contributed by atoms with van der Waals surface area (Å²) in [5, 5.41) is 3.25. The number of nitrogens with one attached hydrogen (secondary N) is 1. The summed E-state index contributed by atoms with van der Waals surface area (Å²) in [7, 11) is -3.53. The molecule has 1 N–H and O–H groups in total. The smallest absolute Gasteiger partial charge is 0.243 e. The van der Waals surface area contributed by atoms with E-state index in [4.69, 9.17) is 4.74 Å². The molecule has 0 radical (unpaired) electrons. The second-order valence-electron chi connectivity index (χ2n) is 8.88. The van der Waals surface area contributed by atoms with Gasteiger partial charge >= 0.3 is 0 Å². The van der Waals surface area contributed by atoms with Crippen molar-refractivity contribution in [1.29, 1.82) is 0 Å². The van der Waals surface area contributed by atoms with Crippen LogP contribution in [0, 0.1) is 12.8 Å². The molecule has 2 aromatic rings. The maximum Gasteiger partial charge on any atom is 0.243 e. The Morgan fingerprint density at radius 2 is 1.64 bits per heavy atom. The molecule has 178 valence electrons. The quantitative estimate of drug-likeness (QED) is 0.672. The van der Waals surface area contributed by atoms with E-state index in [2.05, 4.69) is 10.2 Å². The van der Waals surface area contributed by atoms with Crippen LogP contribution in [0.15, 0.2) is 59.5 Å². The lowest BCUT2D eigenvalue weighted by Crippen LogP contribution is -2.46. The first-order valence-electron chi connectivity index (χ1n) is 11.7. The van der Waals surface area contributed by atoms with Crippen LogP contribution < -0.4 is 5.32 Å². The van der Waals surface area contributed by atoms with Crippen molar-refractivity contribution < 1.29 is 17.9 Å². The highest BCUT2D eigenvalue weighted by atomic mass is 32.2. The van der Waals surface area contributed by atoms with E-state index in [0.29, 0.717) is 44.0 Å². The van der Waals surface area contributed by atoms with E-state index in [1.54, 1.807) is 12.1 Å². The van der Waals surface area contributed by atoms with Gasteiger partial charge in [0.2, 0.25) is 15.9 Å². The number of piperidine rings is 1. The number of carbonyl (C=O) groups excluding carboxylic acids is 1. The summed E-state index contributed by atoms with van der Waals surface area (Å²) in [6, 6.07) is 16.9. The van der Waals surface area contributed by atoms with E-state index in [0.717, 1.165) is 30.8 Å². The Morgan fingerprint density at radius 3 is 2.27 bits per heavy atom. The molecule has 7 nitrogen and oxygen atoms in total. The van der Waals surface area contributed by atoms with Gasteiger partial charge in [-0.1, -0.05) is 48.0 Å². The molecule has 2 heterocycles. The van der Waals surface area contributed by atoms with E-state index < -0.39 is 10.0 Å². The van der Waals surface area contributed by atoms with Gasteiger partial charge in [0, 0.05) is 38.6 Å². The van der Waals surface area contributed by atoms with Gasteiger partial charge < -0.3 is 10.1 Å². The molecule has 33 heavy (non-hydrogen) atoms. The van der Waals surface area contributed by atoms with Crippen LogP contribution >= 0.6 is 0 Å². The zero-order valence-corrected chi connectivity index (χ0v) is 20.0. The van der Waals surface area contributed by atoms with Crippen molar-refractivity contribution in [1.82, 2.24) is 14.5 Å². The highest BCUT2D eigenvalue weighted by Gasteiger charge is 2.33. The van der Waals surface area contributed by atoms with Crippen molar-refractivity contribution in [2.24, 2.45) is 5.92 Å². The van der Waals surface area contributed by atoms with E-state index in [1.807, 2.05) is 49.4 Å². The minimum absolute atomic E-state index is 0.00416. The zero-order valence-electron chi connectivity index (χ0n) is 19.2. The normalized spacial score (nSPS) is 19.8. The molecular formula is C25H33N3O4S. The number of nitrogens with zero attached hydrogens (tertiary/aromatic N) is 2. The molecular weight excluding hydrogens is 438 g/mol. The van der Waals surface area contributed by atoms with Crippen molar-refractivity contribution in [2.45, 2.75) is 30.7 Å². The van der Waals surface area contributed by atoms with Gasteiger partial charge in [-0.05, 0) is 37.5 Å². The number of morpholine rings is 1. The summed E-state index contributed by atoms with van der Waals surface area (Å²) in [6.07, 6.45) is 1.05. The van der Waals surface area contributed by atoms with Crippen LogP contribution in [0.25, 0.3) is 0 Å². The van der Waals surface area contributed by atoms with Crippen LogP contribution in [-0.4, -0.2) is 69.5 Å². The average Bonchev–Trinajstić information content (AvgIpc) is 2.85. The van der Waals surface area contributed by atoms with Gasteiger partial charge in [0.1, 0.15) is 0 Å².